The molecule has 2 nitrogen and oxygen atoms in total. The van der Waals surface area contributed by atoms with Gasteiger partial charge in [0, 0.05) is 30.0 Å². The Hall–Kier alpha value is -1.25. The van der Waals surface area contributed by atoms with Crippen molar-refractivity contribution in [2.45, 2.75) is 32.4 Å². The normalized spacial score (nSPS) is 16.3. The first-order valence-electron chi connectivity index (χ1n) is 7.40. The van der Waals surface area contributed by atoms with Gasteiger partial charge >= 0.3 is 0 Å². The second kappa shape index (κ2) is 6.02. The van der Waals surface area contributed by atoms with Crippen molar-refractivity contribution < 1.29 is 0 Å². The SMILES string of the molecule is CCNC(c1ccn(Cc2cccc(Cl)c2)c1)C1CC1. The second-order valence-corrected chi connectivity index (χ2v) is 6.06. The van der Waals surface area contributed by atoms with Crippen LogP contribution in [0.15, 0.2) is 42.7 Å². The van der Waals surface area contributed by atoms with E-state index in [-0.39, 0.29) is 0 Å². The van der Waals surface area contributed by atoms with Crippen LogP contribution in [0.25, 0.3) is 0 Å². The van der Waals surface area contributed by atoms with Crippen LogP contribution in [-0.4, -0.2) is 11.1 Å². The highest BCUT2D eigenvalue weighted by atomic mass is 35.5. The molecule has 1 aliphatic rings. The Morgan fingerprint density at radius 1 is 1.35 bits per heavy atom. The van der Waals surface area contributed by atoms with Gasteiger partial charge < -0.3 is 9.88 Å². The summed E-state index contributed by atoms with van der Waals surface area (Å²) in [7, 11) is 0. The van der Waals surface area contributed by atoms with E-state index in [0.29, 0.717) is 6.04 Å². The van der Waals surface area contributed by atoms with Crippen LogP contribution in [0.1, 0.15) is 36.9 Å². The maximum Gasteiger partial charge on any atom is 0.0470 e. The highest BCUT2D eigenvalue weighted by Crippen LogP contribution is 2.41. The number of nitrogens with one attached hydrogen (secondary N) is 1. The van der Waals surface area contributed by atoms with E-state index in [4.69, 9.17) is 11.6 Å². The molecule has 106 valence electrons. The fraction of sp³-hybridized carbons (Fsp3) is 0.412. The second-order valence-electron chi connectivity index (χ2n) is 5.62. The Labute approximate surface area is 125 Å². The van der Waals surface area contributed by atoms with Gasteiger partial charge in [0.2, 0.25) is 0 Å². The van der Waals surface area contributed by atoms with Gasteiger partial charge in [-0.2, -0.15) is 0 Å². The minimum Gasteiger partial charge on any atom is -0.350 e. The predicted octanol–water partition coefficient (Wildman–Crippen LogP) is 4.25. The molecule has 1 fully saturated rings. The van der Waals surface area contributed by atoms with Crippen LogP contribution in [0.3, 0.4) is 0 Å². The lowest BCUT2D eigenvalue weighted by Gasteiger charge is -2.15. The van der Waals surface area contributed by atoms with Crippen LogP contribution in [-0.2, 0) is 6.54 Å². The largest absolute Gasteiger partial charge is 0.350 e. The summed E-state index contributed by atoms with van der Waals surface area (Å²) in [5.74, 6) is 0.831. The molecule has 20 heavy (non-hydrogen) atoms. The first-order chi connectivity index (χ1) is 9.76. The molecule has 1 heterocycles. The van der Waals surface area contributed by atoms with Gasteiger partial charge in [-0.05, 0) is 54.6 Å². The van der Waals surface area contributed by atoms with Crippen molar-refractivity contribution in [3.63, 3.8) is 0 Å². The molecule has 0 saturated heterocycles. The molecule has 0 aliphatic heterocycles. The molecule has 0 amide bonds. The average molecular weight is 289 g/mol. The molecular formula is C17H21ClN2. The van der Waals surface area contributed by atoms with Crippen molar-refractivity contribution in [3.05, 3.63) is 58.9 Å². The molecule has 0 radical (unpaired) electrons. The number of rotatable bonds is 6. The molecule has 3 heteroatoms. The lowest BCUT2D eigenvalue weighted by Crippen LogP contribution is -2.22. The van der Waals surface area contributed by atoms with Gasteiger partial charge in [-0.3, -0.25) is 0 Å². The standard InChI is InChI=1S/C17H21ClN2/c1-2-19-17(14-6-7-14)15-8-9-20(12-15)11-13-4-3-5-16(18)10-13/h3-5,8-10,12,14,17,19H,2,6-7,11H2,1H3. The number of nitrogens with zero attached hydrogens (tertiary/aromatic N) is 1. The molecule has 1 aliphatic carbocycles. The summed E-state index contributed by atoms with van der Waals surface area (Å²) in [6.07, 6.45) is 7.16. The van der Waals surface area contributed by atoms with E-state index in [1.807, 2.05) is 18.2 Å². The Kier molecular flexibility index (Phi) is 4.13. The quantitative estimate of drug-likeness (QED) is 0.841. The van der Waals surface area contributed by atoms with Crippen LogP contribution in [0, 0.1) is 5.92 Å². The van der Waals surface area contributed by atoms with Crippen LogP contribution < -0.4 is 5.32 Å². The molecule has 1 atom stereocenters. The Balaban J connectivity index is 1.72. The third kappa shape index (κ3) is 3.25. The fourth-order valence-corrected chi connectivity index (χ4v) is 3.01. The Morgan fingerprint density at radius 2 is 2.20 bits per heavy atom. The van der Waals surface area contributed by atoms with Crippen LogP contribution in [0.5, 0.6) is 0 Å². The van der Waals surface area contributed by atoms with Crippen LogP contribution in [0.4, 0.5) is 0 Å². The van der Waals surface area contributed by atoms with Gasteiger partial charge in [-0.15, -0.1) is 0 Å². The molecule has 0 spiro atoms. The highest BCUT2D eigenvalue weighted by molar-refractivity contribution is 6.30. The van der Waals surface area contributed by atoms with E-state index in [1.165, 1.54) is 24.0 Å². The smallest absolute Gasteiger partial charge is 0.0470 e. The number of halogens is 1. The number of benzene rings is 1. The Bertz CT molecular complexity index is 572. The van der Waals surface area contributed by atoms with Gasteiger partial charge in [0.1, 0.15) is 0 Å². The summed E-state index contributed by atoms with van der Waals surface area (Å²) >= 11 is 6.04. The molecule has 1 aromatic heterocycles. The van der Waals surface area contributed by atoms with Gasteiger partial charge in [-0.1, -0.05) is 30.7 Å². The molecule has 2 aromatic rings. The molecule has 1 N–H and O–H groups in total. The Morgan fingerprint density at radius 3 is 2.90 bits per heavy atom. The number of hydrogen-bond donors (Lipinski definition) is 1. The van der Waals surface area contributed by atoms with Crippen molar-refractivity contribution in [3.8, 4) is 0 Å². The molecule has 1 aromatic carbocycles. The van der Waals surface area contributed by atoms with Gasteiger partial charge in [0.25, 0.3) is 0 Å². The topological polar surface area (TPSA) is 17.0 Å². The zero-order valence-corrected chi connectivity index (χ0v) is 12.6. The highest BCUT2D eigenvalue weighted by Gasteiger charge is 2.31. The van der Waals surface area contributed by atoms with Gasteiger partial charge in [-0.25, -0.2) is 0 Å². The number of hydrogen-bond acceptors (Lipinski definition) is 1. The van der Waals surface area contributed by atoms with E-state index >= 15 is 0 Å². The van der Waals surface area contributed by atoms with E-state index in [2.05, 4.69) is 41.3 Å². The van der Waals surface area contributed by atoms with E-state index < -0.39 is 0 Å². The first-order valence-corrected chi connectivity index (χ1v) is 7.77. The lowest BCUT2D eigenvalue weighted by atomic mass is 10.1. The summed E-state index contributed by atoms with van der Waals surface area (Å²) in [4.78, 5) is 0. The minimum atomic E-state index is 0.528. The fourth-order valence-electron chi connectivity index (χ4n) is 2.79. The van der Waals surface area contributed by atoms with E-state index in [9.17, 15) is 0 Å². The van der Waals surface area contributed by atoms with Crippen molar-refractivity contribution in [2.75, 3.05) is 6.54 Å². The zero-order valence-electron chi connectivity index (χ0n) is 11.8. The zero-order chi connectivity index (χ0) is 13.9. The summed E-state index contributed by atoms with van der Waals surface area (Å²) in [6.45, 7) is 4.09. The number of aromatic nitrogens is 1. The van der Waals surface area contributed by atoms with Crippen molar-refractivity contribution >= 4 is 11.6 Å². The maximum absolute atomic E-state index is 6.04. The summed E-state index contributed by atoms with van der Waals surface area (Å²) < 4.78 is 2.24. The summed E-state index contributed by atoms with van der Waals surface area (Å²) in [6, 6.07) is 10.9. The van der Waals surface area contributed by atoms with E-state index in [0.717, 1.165) is 24.0 Å². The maximum atomic E-state index is 6.04. The van der Waals surface area contributed by atoms with Crippen LogP contribution in [0.2, 0.25) is 5.02 Å². The molecule has 1 saturated carbocycles. The molecule has 0 bridgehead atoms. The van der Waals surface area contributed by atoms with Crippen molar-refractivity contribution in [2.24, 2.45) is 5.92 Å². The summed E-state index contributed by atoms with van der Waals surface area (Å²) in [5.41, 5.74) is 2.66. The van der Waals surface area contributed by atoms with Crippen molar-refractivity contribution in [1.82, 2.24) is 9.88 Å². The van der Waals surface area contributed by atoms with Crippen molar-refractivity contribution in [1.29, 1.82) is 0 Å². The van der Waals surface area contributed by atoms with E-state index in [1.54, 1.807) is 0 Å². The summed E-state index contributed by atoms with van der Waals surface area (Å²) in [5, 5.41) is 4.42. The predicted molar refractivity (Wildman–Crippen MR) is 84.1 cm³/mol. The molecule has 3 rings (SSSR count). The first kappa shape index (κ1) is 13.7. The average Bonchev–Trinajstić information content (AvgIpc) is 3.16. The minimum absolute atomic E-state index is 0.528. The van der Waals surface area contributed by atoms with Gasteiger partial charge in [0.15, 0.2) is 0 Å². The monoisotopic (exact) mass is 288 g/mol. The third-order valence-electron chi connectivity index (χ3n) is 3.90. The lowest BCUT2D eigenvalue weighted by molar-refractivity contribution is 0.495. The van der Waals surface area contributed by atoms with Crippen LogP contribution >= 0.6 is 11.6 Å². The third-order valence-corrected chi connectivity index (χ3v) is 4.14. The molecule has 1 unspecified atom stereocenters. The molecular weight excluding hydrogens is 268 g/mol. The van der Waals surface area contributed by atoms with Gasteiger partial charge in [0.05, 0.1) is 0 Å².